The molecule has 0 unspecified atom stereocenters. The van der Waals surface area contributed by atoms with E-state index in [0.29, 0.717) is 16.5 Å². The van der Waals surface area contributed by atoms with Crippen molar-refractivity contribution in [3.63, 3.8) is 0 Å². The lowest BCUT2D eigenvalue weighted by atomic mass is 10.1. The number of methoxy groups -OCH3 is 1. The highest BCUT2D eigenvalue weighted by atomic mass is 19.1. The summed E-state index contributed by atoms with van der Waals surface area (Å²) < 4.78 is 33.0. The van der Waals surface area contributed by atoms with E-state index in [2.05, 4.69) is 15.2 Å². The molecule has 6 nitrogen and oxygen atoms in total. The van der Waals surface area contributed by atoms with E-state index in [0.717, 1.165) is 23.9 Å². The van der Waals surface area contributed by atoms with Gasteiger partial charge in [-0.15, -0.1) is 0 Å². The first-order valence-corrected chi connectivity index (χ1v) is 7.70. The van der Waals surface area contributed by atoms with Crippen LogP contribution in [0.25, 0.3) is 10.8 Å². The lowest BCUT2D eigenvalue weighted by Gasteiger charge is -2.10. The van der Waals surface area contributed by atoms with E-state index in [1.54, 1.807) is 31.2 Å². The topological polar surface area (TPSA) is 73.2 Å². The molecule has 134 valence electrons. The summed E-state index contributed by atoms with van der Waals surface area (Å²) in [5, 5.41) is 7.61. The first kappa shape index (κ1) is 17.5. The summed E-state index contributed by atoms with van der Waals surface area (Å²) >= 11 is 0. The highest BCUT2D eigenvalue weighted by molar-refractivity contribution is 5.91. The normalized spacial score (nSPS) is 10.8. The van der Waals surface area contributed by atoms with E-state index in [-0.39, 0.29) is 12.2 Å². The van der Waals surface area contributed by atoms with Crippen LogP contribution in [0.1, 0.15) is 5.69 Å². The van der Waals surface area contributed by atoms with Crippen molar-refractivity contribution < 1.29 is 18.3 Å². The fourth-order valence-corrected chi connectivity index (χ4v) is 2.68. The summed E-state index contributed by atoms with van der Waals surface area (Å²) in [7, 11) is 1.14. The molecule has 0 saturated carbocycles. The van der Waals surface area contributed by atoms with Crippen molar-refractivity contribution in [2.24, 2.45) is 0 Å². The molecule has 1 aromatic heterocycles. The summed E-state index contributed by atoms with van der Waals surface area (Å²) in [4.78, 5) is 24.6. The average Bonchev–Trinajstić information content (AvgIpc) is 2.59. The van der Waals surface area contributed by atoms with Gasteiger partial charge in [0.05, 0.1) is 18.2 Å². The van der Waals surface area contributed by atoms with Crippen LogP contribution in [0.4, 0.5) is 14.5 Å². The molecule has 8 heteroatoms. The lowest BCUT2D eigenvalue weighted by Crippen LogP contribution is -2.30. The van der Waals surface area contributed by atoms with Crippen LogP contribution in [-0.4, -0.2) is 22.8 Å². The van der Waals surface area contributed by atoms with Gasteiger partial charge in [-0.25, -0.2) is 13.5 Å². The number of aromatic nitrogens is 2. The van der Waals surface area contributed by atoms with Crippen molar-refractivity contribution in [2.75, 3.05) is 12.4 Å². The molecular weight excluding hydrogens is 344 g/mol. The number of nitrogens with zero attached hydrogens (tertiary/aromatic N) is 2. The van der Waals surface area contributed by atoms with Crippen molar-refractivity contribution in [1.29, 1.82) is 0 Å². The number of ether oxygens (including phenoxy) is 1. The number of hydrogen-bond acceptors (Lipinski definition) is 4. The van der Waals surface area contributed by atoms with Gasteiger partial charge in [0.25, 0.3) is 5.56 Å². The first-order valence-electron chi connectivity index (χ1n) is 7.70. The molecule has 0 aliphatic carbocycles. The molecule has 1 N–H and O–H groups in total. The van der Waals surface area contributed by atoms with Crippen molar-refractivity contribution >= 4 is 22.4 Å². The third-order valence-corrected chi connectivity index (χ3v) is 3.83. The molecule has 0 fully saturated rings. The molecule has 0 atom stereocenters. The molecule has 0 aliphatic rings. The second kappa shape index (κ2) is 6.91. The van der Waals surface area contributed by atoms with Gasteiger partial charge in [-0.1, -0.05) is 18.2 Å². The van der Waals surface area contributed by atoms with Crippen LogP contribution >= 0.6 is 0 Å². The molecule has 1 heterocycles. The number of anilines is 1. The lowest BCUT2D eigenvalue weighted by molar-refractivity contribution is -0.117. The third-order valence-electron chi connectivity index (χ3n) is 3.83. The maximum atomic E-state index is 13.7. The zero-order valence-electron chi connectivity index (χ0n) is 14.0. The van der Waals surface area contributed by atoms with E-state index in [9.17, 15) is 18.4 Å². The molecule has 2 aromatic carbocycles. The molecule has 26 heavy (non-hydrogen) atoms. The van der Waals surface area contributed by atoms with Gasteiger partial charge in [-0.3, -0.25) is 9.59 Å². The highest BCUT2D eigenvalue weighted by Gasteiger charge is 2.15. The Morgan fingerprint density at radius 1 is 1.19 bits per heavy atom. The number of hydrogen-bond donors (Lipinski definition) is 1. The van der Waals surface area contributed by atoms with Crippen LogP contribution in [-0.2, 0) is 11.3 Å². The third kappa shape index (κ3) is 3.26. The Balaban J connectivity index is 1.86. The number of nitrogens with one attached hydrogen (secondary N) is 1. The summed E-state index contributed by atoms with van der Waals surface area (Å²) in [6.07, 6.45) is 0. The number of halogens is 2. The zero-order chi connectivity index (χ0) is 18.8. The molecule has 3 rings (SSSR count). The standard InChI is InChI=1S/C18H15F2N3O3/c1-10-12-5-3-4-6-13(12)18(25)23(22-10)9-16(24)21-11-7-14(19)17(26-2)15(20)8-11/h3-8H,9H2,1-2H3,(H,21,24). The summed E-state index contributed by atoms with van der Waals surface area (Å²) in [6.45, 7) is 1.34. The quantitative estimate of drug-likeness (QED) is 0.777. The number of carbonyl (C=O) groups excluding carboxylic acids is 1. The highest BCUT2D eigenvalue weighted by Crippen LogP contribution is 2.25. The van der Waals surface area contributed by atoms with Gasteiger partial charge >= 0.3 is 0 Å². The molecule has 0 spiro atoms. The summed E-state index contributed by atoms with van der Waals surface area (Å²) in [5.41, 5.74) is 0.0827. The number of carbonyl (C=O) groups is 1. The van der Waals surface area contributed by atoms with Gasteiger partial charge in [-0.05, 0) is 13.0 Å². The van der Waals surface area contributed by atoms with Gasteiger partial charge in [0, 0.05) is 23.2 Å². The van der Waals surface area contributed by atoms with Crippen LogP contribution in [0.3, 0.4) is 0 Å². The Bertz CT molecular complexity index is 1040. The van der Waals surface area contributed by atoms with Crippen molar-refractivity contribution in [2.45, 2.75) is 13.5 Å². The first-order chi connectivity index (χ1) is 12.4. The second-order valence-corrected chi connectivity index (χ2v) is 5.62. The summed E-state index contributed by atoms with van der Waals surface area (Å²) in [5.74, 6) is -3.07. The van der Waals surface area contributed by atoms with Gasteiger partial charge < -0.3 is 10.1 Å². The molecule has 1 amide bonds. The minimum atomic E-state index is -0.945. The van der Waals surface area contributed by atoms with E-state index >= 15 is 0 Å². The molecule has 0 bridgehead atoms. The van der Waals surface area contributed by atoms with E-state index in [1.807, 2.05) is 0 Å². The number of rotatable bonds is 4. The summed E-state index contributed by atoms with van der Waals surface area (Å²) in [6, 6.07) is 8.79. The number of benzene rings is 2. The Morgan fingerprint density at radius 3 is 2.42 bits per heavy atom. The Kier molecular flexibility index (Phi) is 4.66. The van der Waals surface area contributed by atoms with Gasteiger partial charge in [0.1, 0.15) is 6.54 Å². The largest absolute Gasteiger partial charge is 0.491 e. The number of fused-ring (bicyclic) bond motifs is 1. The molecule has 0 radical (unpaired) electrons. The van der Waals surface area contributed by atoms with Crippen molar-refractivity contribution in [1.82, 2.24) is 9.78 Å². The SMILES string of the molecule is COc1c(F)cc(NC(=O)Cn2nc(C)c3ccccc3c2=O)cc1F. The molecule has 3 aromatic rings. The predicted octanol–water partition coefficient (Wildman–Crippen LogP) is 2.63. The zero-order valence-corrected chi connectivity index (χ0v) is 14.0. The monoisotopic (exact) mass is 359 g/mol. The van der Waals surface area contributed by atoms with Crippen molar-refractivity contribution in [3.8, 4) is 5.75 Å². The Labute approximate surface area is 147 Å². The minimum absolute atomic E-state index is 0.0867. The van der Waals surface area contributed by atoms with Crippen molar-refractivity contribution in [3.05, 3.63) is 64.1 Å². The van der Waals surface area contributed by atoms with E-state index in [4.69, 9.17) is 0 Å². The van der Waals surface area contributed by atoms with Gasteiger partial charge in [-0.2, -0.15) is 5.10 Å². The van der Waals surface area contributed by atoms with E-state index < -0.39 is 28.9 Å². The molecular formula is C18H15F2N3O3. The fourth-order valence-electron chi connectivity index (χ4n) is 2.68. The van der Waals surface area contributed by atoms with Crippen LogP contribution in [0.5, 0.6) is 5.75 Å². The van der Waals surface area contributed by atoms with Gasteiger partial charge in [0.2, 0.25) is 5.91 Å². The van der Waals surface area contributed by atoms with Crippen LogP contribution in [0, 0.1) is 18.6 Å². The Morgan fingerprint density at radius 2 is 1.81 bits per heavy atom. The number of amides is 1. The Hall–Kier alpha value is -3.29. The fraction of sp³-hybridized carbons (Fsp3) is 0.167. The second-order valence-electron chi connectivity index (χ2n) is 5.62. The smallest absolute Gasteiger partial charge is 0.275 e. The number of aryl methyl sites for hydroxylation is 1. The minimum Gasteiger partial charge on any atom is -0.491 e. The molecule has 0 saturated heterocycles. The molecule has 0 aliphatic heterocycles. The van der Waals surface area contributed by atoms with Crippen LogP contribution in [0.2, 0.25) is 0 Å². The maximum absolute atomic E-state index is 13.7. The van der Waals surface area contributed by atoms with Gasteiger partial charge in [0.15, 0.2) is 17.4 Å². The maximum Gasteiger partial charge on any atom is 0.275 e. The predicted molar refractivity (Wildman–Crippen MR) is 92.3 cm³/mol. The van der Waals surface area contributed by atoms with E-state index in [1.165, 1.54) is 0 Å². The average molecular weight is 359 g/mol. The van der Waals surface area contributed by atoms with Crippen LogP contribution in [0.15, 0.2) is 41.2 Å². The van der Waals surface area contributed by atoms with Crippen LogP contribution < -0.4 is 15.6 Å².